The van der Waals surface area contributed by atoms with Gasteiger partial charge in [0.25, 0.3) is 0 Å². The molecule has 0 aliphatic rings. The zero-order valence-electron chi connectivity index (χ0n) is 15.5. The average Bonchev–Trinajstić information content (AvgIpc) is 3.06. The Balaban J connectivity index is 1.87. The third kappa shape index (κ3) is 3.60. The van der Waals surface area contributed by atoms with Gasteiger partial charge in [0.15, 0.2) is 5.78 Å². The molecule has 0 aliphatic carbocycles. The Kier molecular flexibility index (Phi) is 5.33. The summed E-state index contributed by atoms with van der Waals surface area (Å²) in [6.07, 6.45) is 1.75. The summed E-state index contributed by atoms with van der Waals surface area (Å²) < 4.78 is 1.74. The summed E-state index contributed by atoms with van der Waals surface area (Å²) in [4.78, 5) is 27.5. The number of benzene rings is 2. The van der Waals surface area contributed by atoms with Crippen molar-refractivity contribution in [1.82, 2.24) is 9.47 Å². The number of Topliss-reactive ketones (excluding diaryl/α,β-unsaturated/α-hetero) is 1. The van der Waals surface area contributed by atoms with Gasteiger partial charge in [-0.25, -0.2) is 0 Å². The molecule has 0 spiro atoms. The van der Waals surface area contributed by atoms with E-state index in [-0.39, 0.29) is 11.6 Å². The highest BCUT2D eigenvalue weighted by Gasteiger charge is 2.18. The molecule has 4 nitrogen and oxygen atoms in total. The molecule has 1 aromatic heterocycles. The Bertz CT molecular complexity index is 952. The largest absolute Gasteiger partial charge is 0.347 e. The van der Waals surface area contributed by atoms with Gasteiger partial charge in [-0.1, -0.05) is 50.2 Å². The SMILES string of the molecule is CCN(CC)CC(=O)c1cc(C(=O)c2ccc3ccccc3c2)n(C)c1. The number of ketones is 2. The van der Waals surface area contributed by atoms with Gasteiger partial charge in [0.05, 0.1) is 12.2 Å². The van der Waals surface area contributed by atoms with E-state index < -0.39 is 0 Å². The van der Waals surface area contributed by atoms with Crippen molar-refractivity contribution in [2.45, 2.75) is 13.8 Å². The van der Waals surface area contributed by atoms with Gasteiger partial charge >= 0.3 is 0 Å². The van der Waals surface area contributed by atoms with Crippen molar-refractivity contribution in [3.8, 4) is 0 Å². The summed E-state index contributed by atoms with van der Waals surface area (Å²) in [5.41, 5.74) is 1.75. The van der Waals surface area contributed by atoms with Crippen LogP contribution in [0.4, 0.5) is 0 Å². The van der Waals surface area contributed by atoms with Crippen LogP contribution in [0.15, 0.2) is 54.7 Å². The first-order valence-corrected chi connectivity index (χ1v) is 8.99. The van der Waals surface area contributed by atoms with Crippen molar-refractivity contribution in [2.75, 3.05) is 19.6 Å². The summed E-state index contributed by atoms with van der Waals surface area (Å²) in [7, 11) is 1.81. The van der Waals surface area contributed by atoms with Crippen molar-refractivity contribution in [3.63, 3.8) is 0 Å². The van der Waals surface area contributed by atoms with Crippen LogP contribution in [-0.2, 0) is 7.05 Å². The first kappa shape index (κ1) is 18.1. The maximum atomic E-state index is 12.9. The lowest BCUT2D eigenvalue weighted by atomic mass is 10.0. The maximum Gasteiger partial charge on any atom is 0.209 e. The molecule has 0 bridgehead atoms. The lowest BCUT2D eigenvalue weighted by molar-refractivity contribution is 0.0937. The summed E-state index contributed by atoms with van der Waals surface area (Å²) >= 11 is 0. The van der Waals surface area contributed by atoms with E-state index in [9.17, 15) is 9.59 Å². The third-order valence-corrected chi connectivity index (χ3v) is 4.83. The summed E-state index contributed by atoms with van der Waals surface area (Å²) in [5, 5.41) is 2.14. The second kappa shape index (κ2) is 7.67. The summed E-state index contributed by atoms with van der Waals surface area (Å²) in [6.45, 7) is 6.11. The van der Waals surface area contributed by atoms with E-state index in [0.717, 1.165) is 23.9 Å². The third-order valence-electron chi connectivity index (χ3n) is 4.83. The van der Waals surface area contributed by atoms with Gasteiger partial charge in [-0.15, -0.1) is 0 Å². The Morgan fingerprint density at radius 2 is 1.62 bits per heavy atom. The smallest absolute Gasteiger partial charge is 0.209 e. The van der Waals surface area contributed by atoms with E-state index in [2.05, 4.69) is 4.90 Å². The molecule has 3 rings (SSSR count). The zero-order chi connectivity index (χ0) is 18.7. The van der Waals surface area contributed by atoms with E-state index in [1.165, 1.54) is 0 Å². The van der Waals surface area contributed by atoms with Crippen molar-refractivity contribution in [2.24, 2.45) is 7.05 Å². The topological polar surface area (TPSA) is 42.3 Å². The molecule has 0 aliphatic heterocycles. The number of carbonyl (C=O) groups excluding carboxylic acids is 2. The van der Waals surface area contributed by atoms with Crippen LogP contribution in [0.3, 0.4) is 0 Å². The Labute approximate surface area is 154 Å². The van der Waals surface area contributed by atoms with Crippen LogP contribution in [0.5, 0.6) is 0 Å². The highest BCUT2D eigenvalue weighted by atomic mass is 16.1. The Morgan fingerprint density at radius 3 is 2.31 bits per heavy atom. The molecule has 0 saturated carbocycles. The fraction of sp³-hybridized carbons (Fsp3) is 0.273. The predicted octanol–water partition coefficient (Wildman–Crippen LogP) is 3.93. The molecule has 0 unspecified atom stereocenters. The molecule has 3 aromatic rings. The van der Waals surface area contributed by atoms with Gasteiger partial charge in [0.2, 0.25) is 5.78 Å². The number of aromatic nitrogens is 1. The fourth-order valence-corrected chi connectivity index (χ4v) is 3.16. The zero-order valence-corrected chi connectivity index (χ0v) is 15.5. The average molecular weight is 348 g/mol. The minimum absolute atomic E-state index is 0.0434. The van der Waals surface area contributed by atoms with Gasteiger partial charge in [-0.3, -0.25) is 14.5 Å². The van der Waals surface area contributed by atoms with Crippen LogP contribution >= 0.6 is 0 Å². The minimum Gasteiger partial charge on any atom is -0.347 e. The second-order valence-corrected chi connectivity index (χ2v) is 6.50. The van der Waals surface area contributed by atoms with Crippen molar-refractivity contribution in [3.05, 3.63) is 71.5 Å². The highest BCUT2D eigenvalue weighted by Crippen LogP contribution is 2.19. The molecule has 2 aromatic carbocycles. The van der Waals surface area contributed by atoms with Gasteiger partial charge in [-0.2, -0.15) is 0 Å². The highest BCUT2D eigenvalue weighted by molar-refractivity contribution is 6.11. The number of hydrogen-bond donors (Lipinski definition) is 0. The molecule has 134 valence electrons. The normalized spacial score (nSPS) is 11.2. The van der Waals surface area contributed by atoms with Gasteiger partial charge < -0.3 is 4.57 Å². The van der Waals surface area contributed by atoms with Gasteiger partial charge in [-0.05, 0) is 36.0 Å². The molecule has 0 N–H and O–H groups in total. The van der Waals surface area contributed by atoms with Crippen LogP contribution < -0.4 is 0 Å². The van der Waals surface area contributed by atoms with Crippen LogP contribution in [0.2, 0.25) is 0 Å². The number of hydrogen-bond acceptors (Lipinski definition) is 3. The predicted molar refractivity (Wildman–Crippen MR) is 105 cm³/mol. The van der Waals surface area contributed by atoms with E-state index >= 15 is 0 Å². The van der Waals surface area contributed by atoms with Crippen molar-refractivity contribution >= 4 is 22.3 Å². The lowest BCUT2D eigenvalue weighted by Crippen LogP contribution is -2.29. The van der Waals surface area contributed by atoms with Gasteiger partial charge in [0, 0.05) is 24.4 Å². The molecule has 0 atom stereocenters. The van der Waals surface area contributed by atoms with Crippen molar-refractivity contribution in [1.29, 1.82) is 0 Å². The standard InChI is InChI=1S/C22H24N2O2/c1-4-24(5-2)15-21(25)19-13-20(23(3)14-19)22(26)18-11-10-16-8-6-7-9-17(16)12-18/h6-14H,4-5,15H2,1-3H3. The molecule has 0 amide bonds. The van der Waals surface area contributed by atoms with E-state index in [4.69, 9.17) is 0 Å². The molecular weight excluding hydrogens is 324 g/mol. The minimum atomic E-state index is -0.0693. The van der Waals surface area contributed by atoms with Crippen LogP contribution in [0, 0.1) is 0 Å². The molecule has 4 heteroatoms. The molecule has 0 saturated heterocycles. The fourth-order valence-electron chi connectivity index (χ4n) is 3.16. The number of likely N-dealkylation sites (N-methyl/N-ethyl adjacent to an activating group) is 1. The molecule has 1 heterocycles. The quantitative estimate of drug-likeness (QED) is 0.608. The number of aryl methyl sites for hydroxylation is 1. The molecule has 0 radical (unpaired) electrons. The maximum absolute atomic E-state index is 12.9. The van der Waals surface area contributed by atoms with Crippen LogP contribution in [0.25, 0.3) is 10.8 Å². The first-order chi connectivity index (χ1) is 12.5. The lowest BCUT2D eigenvalue weighted by Gasteiger charge is -2.16. The monoisotopic (exact) mass is 348 g/mol. The number of rotatable bonds is 7. The molecule has 26 heavy (non-hydrogen) atoms. The van der Waals surface area contributed by atoms with Crippen LogP contribution in [-0.4, -0.2) is 40.7 Å². The Hall–Kier alpha value is -2.72. The second-order valence-electron chi connectivity index (χ2n) is 6.50. The van der Waals surface area contributed by atoms with E-state index in [1.54, 1.807) is 16.8 Å². The van der Waals surface area contributed by atoms with E-state index in [0.29, 0.717) is 23.4 Å². The first-order valence-electron chi connectivity index (χ1n) is 8.99. The Morgan fingerprint density at radius 1 is 0.923 bits per heavy atom. The molecule has 0 fully saturated rings. The van der Waals surface area contributed by atoms with E-state index in [1.807, 2.05) is 63.4 Å². The number of nitrogens with zero attached hydrogens (tertiary/aromatic N) is 2. The van der Waals surface area contributed by atoms with Gasteiger partial charge in [0.1, 0.15) is 0 Å². The number of fused-ring (bicyclic) bond motifs is 1. The summed E-state index contributed by atoms with van der Waals surface area (Å²) in [6, 6.07) is 15.4. The number of carbonyl (C=O) groups is 2. The van der Waals surface area contributed by atoms with Crippen LogP contribution in [0.1, 0.15) is 40.3 Å². The van der Waals surface area contributed by atoms with Crippen molar-refractivity contribution < 1.29 is 9.59 Å². The summed E-state index contributed by atoms with van der Waals surface area (Å²) in [5.74, 6) is -0.0259. The molecular formula is C22H24N2O2.